The summed E-state index contributed by atoms with van der Waals surface area (Å²) in [5.41, 5.74) is 1.23. The average Bonchev–Trinajstić information content (AvgIpc) is 2.31. The standard InChI is InChI=1S/C15H12S/c1-10-8-14-12(9-15(10)16)7-6-11-4-2-3-5-13(11)14/h2-9,16H,1H3. The fourth-order valence-corrected chi connectivity index (χ4v) is 2.35. The van der Waals surface area contributed by atoms with E-state index in [0.717, 1.165) is 4.90 Å². The second-order valence-corrected chi connectivity index (χ2v) is 4.63. The third-order valence-electron chi connectivity index (χ3n) is 3.06. The highest BCUT2D eigenvalue weighted by atomic mass is 32.1. The molecule has 0 N–H and O–H groups in total. The van der Waals surface area contributed by atoms with E-state index in [1.54, 1.807) is 0 Å². The van der Waals surface area contributed by atoms with E-state index in [-0.39, 0.29) is 0 Å². The molecule has 0 amide bonds. The monoisotopic (exact) mass is 224 g/mol. The Labute approximate surface area is 100 Å². The fourth-order valence-electron chi connectivity index (χ4n) is 2.15. The first-order valence-corrected chi connectivity index (χ1v) is 5.81. The van der Waals surface area contributed by atoms with Crippen LogP contribution in [0.15, 0.2) is 53.4 Å². The van der Waals surface area contributed by atoms with Crippen LogP contribution in [0.25, 0.3) is 21.5 Å². The van der Waals surface area contributed by atoms with E-state index in [9.17, 15) is 0 Å². The highest BCUT2D eigenvalue weighted by molar-refractivity contribution is 7.80. The molecule has 1 heteroatoms. The molecule has 3 aromatic rings. The molecule has 0 radical (unpaired) electrons. The van der Waals surface area contributed by atoms with Crippen LogP contribution < -0.4 is 0 Å². The maximum absolute atomic E-state index is 4.47. The van der Waals surface area contributed by atoms with Gasteiger partial charge in [0.25, 0.3) is 0 Å². The SMILES string of the molecule is Cc1cc2c(ccc3ccccc32)cc1S. The predicted octanol–water partition coefficient (Wildman–Crippen LogP) is 4.59. The van der Waals surface area contributed by atoms with Crippen molar-refractivity contribution in [1.82, 2.24) is 0 Å². The first-order chi connectivity index (χ1) is 7.75. The molecule has 3 rings (SSSR count). The zero-order valence-electron chi connectivity index (χ0n) is 9.07. The number of benzene rings is 3. The van der Waals surface area contributed by atoms with Gasteiger partial charge in [0.1, 0.15) is 0 Å². The fraction of sp³-hybridized carbons (Fsp3) is 0.0667. The summed E-state index contributed by atoms with van der Waals surface area (Å²) in [6.07, 6.45) is 0. The van der Waals surface area contributed by atoms with E-state index in [1.807, 2.05) is 0 Å². The Morgan fingerprint density at radius 1 is 0.812 bits per heavy atom. The molecule has 0 spiro atoms. The van der Waals surface area contributed by atoms with Gasteiger partial charge in [0.05, 0.1) is 0 Å². The molecule has 0 saturated carbocycles. The minimum atomic E-state index is 1.06. The third kappa shape index (κ3) is 1.40. The van der Waals surface area contributed by atoms with Gasteiger partial charge in [-0.3, -0.25) is 0 Å². The molecule has 0 atom stereocenters. The van der Waals surface area contributed by atoms with Gasteiger partial charge < -0.3 is 0 Å². The lowest BCUT2D eigenvalue weighted by atomic mass is 10.0. The second-order valence-electron chi connectivity index (χ2n) is 4.15. The average molecular weight is 224 g/mol. The smallest absolute Gasteiger partial charge is 0.00756 e. The summed E-state index contributed by atoms with van der Waals surface area (Å²) in [6.45, 7) is 2.10. The van der Waals surface area contributed by atoms with Gasteiger partial charge in [0.15, 0.2) is 0 Å². The summed E-state index contributed by atoms with van der Waals surface area (Å²) >= 11 is 4.47. The van der Waals surface area contributed by atoms with Crippen LogP contribution in [0.5, 0.6) is 0 Å². The van der Waals surface area contributed by atoms with Crippen LogP contribution in [0.3, 0.4) is 0 Å². The second kappa shape index (κ2) is 3.53. The van der Waals surface area contributed by atoms with E-state index in [1.165, 1.54) is 27.1 Å². The summed E-state index contributed by atoms with van der Waals surface area (Å²) in [7, 11) is 0. The van der Waals surface area contributed by atoms with Crippen LogP contribution in [0.1, 0.15) is 5.56 Å². The van der Waals surface area contributed by atoms with Gasteiger partial charge in [0, 0.05) is 4.90 Å². The molecule has 0 aliphatic heterocycles. The molecule has 0 aliphatic carbocycles. The number of aryl methyl sites for hydroxylation is 1. The minimum Gasteiger partial charge on any atom is -0.143 e. The van der Waals surface area contributed by atoms with Gasteiger partial charge in [-0.15, -0.1) is 12.6 Å². The Hall–Kier alpha value is -1.47. The lowest BCUT2D eigenvalue weighted by molar-refractivity contribution is 1.34. The van der Waals surface area contributed by atoms with Gasteiger partial charge in [-0.05, 0) is 46.2 Å². The van der Waals surface area contributed by atoms with Crippen LogP contribution in [0.2, 0.25) is 0 Å². The third-order valence-corrected chi connectivity index (χ3v) is 3.54. The van der Waals surface area contributed by atoms with E-state index in [4.69, 9.17) is 0 Å². The summed E-state index contributed by atoms with van der Waals surface area (Å²) in [4.78, 5) is 1.06. The molecule has 0 nitrogen and oxygen atoms in total. The molecule has 0 saturated heterocycles. The van der Waals surface area contributed by atoms with Crippen molar-refractivity contribution in [3.8, 4) is 0 Å². The van der Waals surface area contributed by atoms with Crippen LogP contribution in [-0.4, -0.2) is 0 Å². The molecular weight excluding hydrogens is 212 g/mol. The normalized spacial score (nSPS) is 11.1. The van der Waals surface area contributed by atoms with Crippen LogP contribution in [0, 0.1) is 6.92 Å². The van der Waals surface area contributed by atoms with Crippen LogP contribution in [-0.2, 0) is 0 Å². The van der Waals surface area contributed by atoms with Crippen molar-refractivity contribution in [3.63, 3.8) is 0 Å². The first-order valence-electron chi connectivity index (χ1n) is 5.37. The van der Waals surface area contributed by atoms with Crippen LogP contribution >= 0.6 is 12.6 Å². The summed E-state index contributed by atoms with van der Waals surface area (Å²) in [5.74, 6) is 0. The molecule has 0 bridgehead atoms. The van der Waals surface area contributed by atoms with E-state index >= 15 is 0 Å². The molecule has 0 heterocycles. The van der Waals surface area contributed by atoms with Gasteiger partial charge in [-0.25, -0.2) is 0 Å². The zero-order chi connectivity index (χ0) is 11.1. The summed E-state index contributed by atoms with van der Waals surface area (Å²) in [5, 5.41) is 5.18. The van der Waals surface area contributed by atoms with E-state index in [2.05, 4.69) is 68.1 Å². The van der Waals surface area contributed by atoms with Gasteiger partial charge >= 0.3 is 0 Å². The number of thiol groups is 1. The zero-order valence-corrected chi connectivity index (χ0v) is 9.96. The number of hydrogen-bond donors (Lipinski definition) is 1. The van der Waals surface area contributed by atoms with Crippen molar-refractivity contribution in [2.75, 3.05) is 0 Å². The van der Waals surface area contributed by atoms with Gasteiger partial charge in [-0.2, -0.15) is 0 Å². The summed E-state index contributed by atoms with van der Waals surface area (Å²) < 4.78 is 0. The maximum atomic E-state index is 4.47. The van der Waals surface area contributed by atoms with Gasteiger partial charge in [0.2, 0.25) is 0 Å². The van der Waals surface area contributed by atoms with Crippen molar-refractivity contribution in [1.29, 1.82) is 0 Å². The first kappa shape index (κ1) is 9.73. The Morgan fingerprint density at radius 2 is 1.56 bits per heavy atom. The lowest BCUT2D eigenvalue weighted by Gasteiger charge is -2.06. The molecule has 16 heavy (non-hydrogen) atoms. The van der Waals surface area contributed by atoms with Crippen LogP contribution in [0.4, 0.5) is 0 Å². The number of rotatable bonds is 0. The van der Waals surface area contributed by atoms with Crippen molar-refractivity contribution >= 4 is 34.2 Å². The van der Waals surface area contributed by atoms with Crippen molar-refractivity contribution in [3.05, 3.63) is 54.1 Å². The summed E-state index contributed by atoms with van der Waals surface area (Å²) in [6, 6.07) is 17.2. The molecule has 78 valence electrons. The highest BCUT2D eigenvalue weighted by Crippen LogP contribution is 2.28. The largest absolute Gasteiger partial charge is 0.143 e. The Bertz CT molecular complexity index is 683. The quantitative estimate of drug-likeness (QED) is 0.419. The van der Waals surface area contributed by atoms with Crippen molar-refractivity contribution in [2.45, 2.75) is 11.8 Å². The Balaban J connectivity index is 2.55. The van der Waals surface area contributed by atoms with E-state index in [0.29, 0.717) is 0 Å². The molecule has 3 aromatic carbocycles. The van der Waals surface area contributed by atoms with E-state index < -0.39 is 0 Å². The van der Waals surface area contributed by atoms with Crippen molar-refractivity contribution < 1.29 is 0 Å². The Morgan fingerprint density at radius 3 is 2.44 bits per heavy atom. The topological polar surface area (TPSA) is 0 Å². The minimum absolute atomic E-state index is 1.06. The predicted molar refractivity (Wildman–Crippen MR) is 73.4 cm³/mol. The number of hydrogen-bond acceptors (Lipinski definition) is 1. The molecule has 0 unspecified atom stereocenters. The number of fused-ring (bicyclic) bond motifs is 3. The maximum Gasteiger partial charge on any atom is 0.00756 e. The highest BCUT2D eigenvalue weighted by Gasteiger charge is 2.02. The molecule has 0 aliphatic rings. The molecule has 0 fully saturated rings. The Kier molecular flexibility index (Phi) is 2.15. The van der Waals surface area contributed by atoms with Gasteiger partial charge in [-0.1, -0.05) is 36.4 Å². The van der Waals surface area contributed by atoms with Crippen molar-refractivity contribution in [2.24, 2.45) is 0 Å². The lowest BCUT2D eigenvalue weighted by Crippen LogP contribution is -1.81. The molecule has 0 aromatic heterocycles. The molecular formula is C15H12S.